The Morgan fingerprint density at radius 2 is 1.58 bits per heavy atom. The largest absolute Gasteiger partial charge is 0.454 e. The second-order valence-electron chi connectivity index (χ2n) is 7.12. The summed E-state index contributed by atoms with van der Waals surface area (Å²) < 4.78 is 6.91. The van der Waals surface area contributed by atoms with Crippen molar-refractivity contribution in [3.05, 3.63) is 87.5 Å². The van der Waals surface area contributed by atoms with E-state index in [-0.39, 0.29) is 12.0 Å². The number of halogens is 1. The van der Waals surface area contributed by atoms with Crippen molar-refractivity contribution in [3.8, 4) is 0 Å². The number of aromatic nitrogens is 1. The van der Waals surface area contributed by atoms with Crippen molar-refractivity contribution in [1.29, 1.82) is 0 Å². The van der Waals surface area contributed by atoms with Crippen molar-refractivity contribution in [2.24, 2.45) is 0 Å². The van der Waals surface area contributed by atoms with Crippen molar-refractivity contribution in [2.45, 2.75) is 13.5 Å². The lowest BCUT2D eigenvalue weighted by atomic mass is 10.1. The molecule has 1 N–H and O–H groups in total. The molecule has 0 spiro atoms. The van der Waals surface area contributed by atoms with E-state index in [1.807, 2.05) is 6.92 Å². The number of anilines is 1. The molecule has 0 atom stereocenters. The van der Waals surface area contributed by atoms with Crippen LogP contribution in [0.15, 0.2) is 71.5 Å². The number of pyridine rings is 1. The summed E-state index contributed by atoms with van der Waals surface area (Å²) in [5, 5.41) is 4.21. The fourth-order valence-corrected chi connectivity index (χ4v) is 3.62. The predicted molar refractivity (Wildman–Crippen MR) is 121 cm³/mol. The normalized spacial score (nSPS) is 10.9. The van der Waals surface area contributed by atoms with Crippen molar-refractivity contribution < 1.29 is 14.3 Å². The molecule has 0 aliphatic rings. The van der Waals surface area contributed by atoms with Crippen LogP contribution in [0.5, 0.6) is 0 Å². The summed E-state index contributed by atoms with van der Waals surface area (Å²) in [5.41, 5.74) is 2.58. The summed E-state index contributed by atoms with van der Waals surface area (Å²) in [7, 11) is 0. The van der Waals surface area contributed by atoms with Crippen LogP contribution in [0.25, 0.3) is 21.8 Å². The topological polar surface area (TPSA) is 77.4 Å². The van der Waals surface area contributed by atoms with Crippen LogP contribution in [-0.2, 0) is 20.9 Å². The number of fused-ring (bicyclic) bond motifs is 2. The Labute approximate surface area is 183 Å². The van der Waals surface area contributed by atoms with Crippen molar-refractivity contribution in [3.63, 3.8) is 0 Å². The van der Waals surface area contributed by atoms with Gasteiger partial charge in [0, 0.05) is 21.5 Å². The first kappa shape index (κ1) is 20.6. The second kappa shape index (κ2) is 8.62. The zero-order valence-corrected chi connectivity index (χ0v) is 17.5. The lowest BCUT2D eigenvalue weighted by molar-refractivity contribution is -0.147. The van der Waals surface area contributed by atoms with E-state index in [9.17, 15) is 14.4 Å². The molecule has 156 valence electrons. The van der Waals surface area contributed by atoms with E-state index in [1.54, 1.807) is 71.3 Å². The van der Waals surface area contributed by atoms with Crippen LogP contribution in [-0.4, -0.2) is 23.1 Å². The van der Waals surface area contributed by atoms with Crippen molar-refractivity contribution in [1.82, 2.24) is 4.57 Å². The maximum atomic E-state index is 12.8. The maximum absolute atomic E-state index is 12.8. The minimum atomic E-state index is -0.587. The van der Waals surface area contributed by atoms with Crippen LogP contribution in [0, 0.1) is 6.92 Å². The Morgan fingerprint density at radius 1 is 0.968 bits per heavy atom. The van der Waals surface area contributed by atoms with E-state index in [0.717, 1.165) is 5.56 Å². The number of hydrogen-bond acceptors (Lipinski definition) is 4. The van der Waals surface area contributed by atoms with Gasteiger partial charge in [-0.05, 0) is 48.9 Å². The third-order valence-corrected chi connectivity index (χ3v) is 5.39. The molecule has 0 aliphatic carbocycles. The zero-order chi connectivity index (χ0) is 22.0. The fourth-order valence-electron chi connectivity index (χ4n) is 3.44. The predicted octanol–water partition coefficient (Wildman–Crippen LogP) is 4.30. The number of ether oxygens (including phenoxy) is 1. The number of nitrogens with zero attached hydrogens (tertiary/aromatic N) is 1. The third-order valence-electron chi connectivity index (χ3n) is 4.99. The van der Waals surface area contributed by atoms with E-state index in [2.05, 4.69) is 5.32 Å². The molecule has 7 heteroatoms. The minimum absolute atomic E-state index is 0.0908. The Balaban J connectivity index is 1.52. The molecule has 0 bridgehead atoms. The first-order valence-corrected chi connectivity index (χ1v) is 10.0. The fraction of sp³-hybridized carbons (Fsp3) is 0.125. The lowest BCUT2D eigenvalue weighted by Crippen LogP contribution is -2.24. The van der Waals surface area contributed by atoms with Gasteiger partial charge >= 0.3 is 5.97 Å². The number of nitrogens with one attached hydrogen (secondary N) is 1. The molecule has 1 amide bonds. The van der Waals surface area contributed by atoms with Gasteiger partial charge in [0.2, 0.25) is 0 Å². The van der Waals surface area contributed by atoms with E-state index in [4.69, 9.17) is 16.3 Å². The number of benzene rings is 3. The molecule has 0 saturated heterocycles. The number of para-hydroxylation sites is 2. The Hall–Kier alpha value is -3.64. The summed E-state index contributed by atoms with van der Waals surface area (Å²) in [4.78, 5) is 37.4. The number of hydrogen-bond donors (Lipinski definition) is 1. The number of amides is 1. The summed E-state index contributed by atoms with van der Waals surface area (Å²) in [6.07, 6.45) is 0. The highest BCUT2D eigenvalue weighted by Crippen LogP contribution is 2.20. The van der Waals surface area contributed by atoms with Crippen LogP contribution >= 0.6 is 11.6 Å². The average molecular weight is 435 g/mol. The molecule has 1 heterocycles. The maximum Gasteiger partial charge on any atom is 0.326 e. The molecular formula is C24H19ClN2O4. The van der Waals surface area contributed by atoms with Gasteiger partial charge in [-0.1, -0.05) is 41.9 Å². The number of carbonyl (C=O) groups is 2. The standard InChI is InChI=1S/C24H19ClN2O4/c1-15-10-11-16(12-19(15)25)26-22(28)14-31-23(29)13-27-20-8-4-2-6-17(20)24(30)18-7-3-5-9-21(18)27/h2-12H,13-14H2,1H3,(H,26,28). The van der Waals surface area contributed by atoms with Gasteiger partial charge in [0.1, 0.15) is 6.54 Å². The van der Waals surface area contributed by atoms with Gasteiger partial charge in [0.05, 0.1) is 11.0 Å². The van der Waals surface area contributed by atoms with Gasteiger partial charge in [-0.15, -0.1) is 0 Å². The molecule has 4 rings (SSSR count). The number of carbonyl (C=O) groups excluding carboxylic acids is 2. The van der Waals surface area contributed by atoms with E-state index >= 15 is 0 Å². The first-order chi connectivity index (χ1) is 14.9. The summed E-state index contributed by atoms with van der Waals surface area (Å²) >= 11 is 6.06. The molecule has 4 aromatic rings. The van der Waals surface area contributed by atoms with Gasteiger partial charge in [-0.25, -0.2) is 0 Å². The first-order valence-electron chi connectivity index (χ1n) is 9.66. The zero-order valence-electron chi connectivity index (χ0n) is 16.7. The minimum Gasteiger partial charge on any atom is -0.454 e. The highest BCUT2D eigenvalue weighted by Gasteiger charge is 2.14. The Morgan fingerprint density at radius 3 is 2.19 bits per heavy atom. The molecule has 31 heavy (non-hydrogen) atoms. The molecule has 6 nitrogen and oxygen atoms in total. The smallest absolute Gasteiger partial charge is 0.326 e. The number of esters is 1. The van der Waals surface area contributed by atoms with Gasteiger partial charge in [-0.3, -0.25) is 14.4 Å². The van der Waals surface area contributed by atoms with Gasteiger partial charge in [-0.2, -0.15) is 0 Å². The average Bonchev–Trinajstić information content (AvgIpc) is 2.78. The summed E-state index contributed by atoms with van der Waals surface area (Å²) in [6.45, 7) is 1.30. The van der Waals surface area contributed by atoms with Crippen LogP contribution in [0.3, 0.4) is 0 Å². The molecule has 1 aromatic heterocycles. The van der Waals surface area contributed by atoms with Gasteiger partial charge < -0.3 is 14.6 Å². The van der Waals surface area contributed by atoms with Crippen molar-refractivity contribution >= 4 is 51.0 Å². The van der Waals surface area contributed by atoms with Crippen LogP contribution in [0.4, 0.5) is 5.69 Å². The molecule has 3 aromatic carbocycles. The quantitative estimate of drug-likeness (QED) is 0.375. The third kappa shape index (κ3) is 4.29. The SMILES string of the molecule is Cc1ccc(NC(=O)COC(=O)Cn2c3ccccc3c(=O)c3ccccc32)cc1Cl. The van der Waals surface area contributed by atoms with Crippen LogP contribution in [0.2, 0.25) is 5.02 Å². The summed E-state index contributed by atoms with van der Waals surface area (Å²) in [5.74, 6) is -1.06. The number of aryl methyl sites for hydroxylation is 1. The van der Waals surface area contributed by atoms with Crippen molar-refractivity contribution in [2.75, 3.05) is 11.9 Å². The second-order valence-corrected chi connectivity index (χ2v) is 7.53. The van der Waals surface area contributed by atoms with E-state index < -0.39 is 18.5 Å². The monoisotopic (exact) mass is 434 g/mol. The Bertz CT molecular complexity index is 1320. The highest BCUT2D eigenvalue weighted by atomic mass is 35.5. The molecule has 0 saturated carbocycles. The van der Waals surface area contributed by atoms with Gasteiger partial charge in [0.25, 0.3) is 5.91 Å². The molecule has 0 radical (unpaired) electrons. The van der Waals surface area contributed by atoms with Gasteiger partial charge in [0.15, 0.2) is 12.0 Å². The van der Waals surface area contributed by atoms with E-state index in [0.29, 0.717) is 32.5 Å². The summed E-state index contributed by atoms with van der Waals surface area (Å²) in [6, 6.07) is 19.3. The highest BCUT2D eigenvalue weighted by molar-refractivity contribution is 6.31. The Kier molecular flexibility index (Phi) is 5.73. The van der Waals surface area contributed by atoms with Crippen LogP contribution < -0.4 is 10.7 Å². The molecule has 0 unspecified atom stereocenters. The molecular weight excluding hydrogens is 416 g/mol. The van der Waals surface area contributed by atoms with E-state index in [1.165, 1.54) is 0 Å². The number of rotatable bonds is 5. The molecule has 0 aliphatic heterocycles. The van der Waals surface area contributed by atoms with Crippen LogP contribution in [0.1, 0.15) is 5.56 Å². The lowest BCUT2D eigenvalue weighted by Gasteiger charge is -2.14. The molecule has 0 fully saturated rings.